The molecule has 0 fully saturated rings. The summed E-state index contributed by atoms with van der Waals surface area (Å²) in [5.41, 5.74) is 3.96. The summed E-state index contributed by atoms with van der Waals surface area (Å²) in [6, 6.07) is 15.1. The van der Waals surface area contributed by atoms with Gasteiger partial charge in [0.15, 0.2) is 11.5 Å². The van der Waals surface area contributed by atoms with Crippen LogP contribution >= 0.6 is 0 Å². The number of carbonyl (C=O) groups is 1. The Morgan fingerprint density at radius 2 is 1.86 bits per heavy atom. The Balaban J connectivity index is 1.48. The molecule has 0 aliphatic carbocycles. The highest BCUT2D eigenvalue weighted by Gasteiger charge is 2.15. The highest BCUT2D eigenvalue weighted by molar-refractivity contribution is 5.92. The molecule has 4 rings (SSSR count). The van der Waals surface area contributed by atoms with Gasteiger partial charge in [0, 0.05) is 24.0 Å². The zero-order chi connectivity index (χ0) is 19.5. The molecule has 0 radical (unpaired) electrons. The number of nitrogens with one attached hydrogen (secondary N) is 2. The van der Waals surface area contributed by atoms with Crippen LogP contribution in [-0.4, -0.2) is 22.7 Å². The molecule has 2 aromatic carbocycles. The van der Waals surface area contributed by atoms with E-state index in [9.17, 15) is 4.79 Å². The average Bonchev–Trinajstić information content (AvgIpc) is 3.14. The summed E-state index contributed by atoms with van der Waals surface area (Å²) < 4.78 is 10.7. The quantitative estimate of drug-likeness (QED) is 0.709. The lowest BCUT2D eigenvalue weighted by atomic mass is 10.1. The van der Waals surface area contributed by atoms with Gasteiger partial charge in [0.25, 0.3) is 5.91 Å². The fourth-order valence-corrected chi connectivity index (χ4v) is 2.92. The molecule has 0 atom stereocenters. The Labute approximate surface area is 162 Å². The molecule has 0 bridgehead atoms. The van der Waals surface area contributed by atoms with Crippen molar-refractivity contribution in [2.24, 2.45) is 0 Å². The van der Waals surface area contributed by atoms with Crippen LogP contribution in [0, 0.1) is 13.8 Å². The van der Waals surface area contributed by atoms with Gasteiger partial charge in [-0.15, -0.1) is 0 Å². The zero-order valence-corrected chi connectivity index (χ0v) is 15.7. The van der Waals surface area contributed by atoms with Gasteiger partial charge >= 0.3 is 0 Å². The van der Waals surface area contributed by atoms with Crippen LogP contribution in [0.5, 0.6) is 11.5 Å². The van der Waals surface area contributed by atoms with E-state index in [1.54, 1.807) is 6.07 Å². The second-order valence-corrected chi connectivity index (χ2v) is 6.52. The molecule has 2 heterocycles. The van der Waals surface area contributed by atoms with Gasteiger partial charge in [0.1, 0.15) is 5.69 Å². The molecule has 142 valence electrons. The first-order valence-electron chi connectivity index (χ1n) is 8.93. The van der Waals surface area contributed by atoms with Crippen molar-refractivity contribution in [2.45, 2.75) is 20.4 Å². The van der Waals surface area contributed by atoms with Crippen LogP contribution in [0.1, 0.15) is 27.3 Å². The lowest BCUT2D eigenvalue weighted by molar-refractivity contribution is 0.0945. The summed E-state index contributed by atoms with van der Waals surface area (Å²) in [6.45, 7) is 4.50. The maximum Gasteiger partial charge on any atom is 0.270 e. The van der Waals surface area contributed by atoms with Crippen molar-refractivity contribution in [1.82, 2.24) is 15.3 Å². The molecular weight excluding hydrogens is 356 g/mol. The summed E-state index contributed by atoms with van der Waals surface area (Å²) in [7, 11) is 0. The van der Waals surface area contributed by atoms with Crippen LogP contribution in [-0.2, 0) is 6.54 Å². The smallest absolute Gasteiger partial charge is 0.270 e. The summed E-state index contributed by atoms with van der Waals surface area (Å²) in [4.78, 5) is 21.3. The normalized spacial score (nSPS) is 11.9. The summed E-state index contributed by atoms with van der Waals surface area (Å²) in [5, 5.41) is 6.03. The maximum absolute atomic E-state index is 12.6. The summed E-state index contributed by atoms with van der Waals surface area (Å²) >= 11 is 0. The van der Waals surface area contributed by atoms with Crippen molar-refractivity contribution in [3.63, 3.8) is 0 Å². The van der Waals surface area contributed by atoms with Gasteiger partial charge in [-0.05, 0) is 43.2 Å². The first kappa shape index (κ1) is 17.8. The van der Waals surface area contributed by atoms with Gasteiger partial charge in [-0.2, -0.15) is 0 Å². The molecular formula is C21H20N4O3. The van der Waals surface area contributed by atoms with Gasteiger partial charge in [0.2, 0.25) is 12.7 Å². The maximum atomic E-state index is 12.6. The first-order valence-corrected chi connectivity index (χ1v) is 8.93. The van der Waals surface area contributed by atoms with E-state index in [4.69, 9.17) is 9.47 Å². The number of benzene rings is 2. The predicted molar refractivity (Wildman–Crippen MR) is 105 cm³/mol. The number of hydrogen-bond donors (Lipinski definition) is 2. The van der Waals surface area contributed by atoms with Crippen LogP contribution in [0.3, 0.4) is 0 Å². The van der Waals surface area contributed by atoms with E-state index in [2.05, 4.69) is 20.6 Å². The van der Waals surface area contributed by atoms with E-state index in [1.165, 1.54) is 0 Å². The molecule has 7 nitrogen and oxygen atoms in total. The molecule has 0 saturated heterocycles. The van der Waals surface area contributed by atoms with Crippen molar-refractivity contribution in [3.8, 4) is 11.5 Å². The van der Waals surface area contributed by atoms with E-state index in [1.807, 2.05) is 56.3 Å². The number of nitrogens with zero attached hydrogens (tertiary/aromatic N) is 2. The highest BCUT2D eigenvalue weighted by Crippen LogP contribution is 2.34. The second kappa shape index (κ2) is 7.56. The molecule has 0 saturated carbocycles. The van der Waals surface area contributed by atoms with E-state index in [0.29, 0.717) is 35.4 Å². The molecule has 1 aromatic heterocycles. The molecule has 3 aromatic rings. The van der Waals surface area contributed by atoms with Crippen molar-refractivity contribution in [2.75, 3.05) is 12.1 Å². The minimum atomic E-state index is -0.248. The van der Waals surface area contributed by atoms with Gasteiger partial charge in [-0.1, -0.05) is 24.3 Å². The Morgan fingerprint density at radius 1 is 1.04 bits per heavy atom. The molecule has 7 heteroatoms. The average molecular weight is 376 g/mol. The predicted octanol–water partition coefficient (Wildman–Crippen LogP) is 3.50. The van der Waals surface area contributed by atoms with Gasteiger partial charge in [-0.3, -0.25) is 4.79 Å². The fraction of sp³-hybridized carbons (Fsp3) is 0.190. The fourth-order valence-electron chi connectivity index (χ4n) is 2.92. The van der Waals surface area contributed by atoms with Crippen molar-refractivity contribution in [3.05, 3.63) is 71.0 Å². The number of hydrogen-bond acceptors (Lipinski definition) is 6. The van der Waals surface area contributed by atoms with Crippen LogP contribution in [0.15, 0.2) is 48.5 Å². The molecule has 2 N–H and O–H groups in total. The third-order valence-corrected chi connectivity index (χ3v) is 4.42. The van der Waals surface area contributed by atoms with E-state index in [0.717, 1.165) is 16.8 Å². The van der Waals surface area contributed by atoms with E-state index >= 15 is 0 Å². The molecule has 1 aliphatic rings. The Morgan fingerprint density at radius 3 is 2.71 bits per heavy atom. The molecule has 1 amide bonds. The van der Waals surface area contributed by atoms with Crippen LogP contribution in [0.2, 0.25) is 0 Å². The molecule has 0 unspecified atom stereocenters. The minimum Gasteiger partial charge on any atom is -0.454 e. The standard InChI is InChI=1S/C21H20N4O3/c1-13-5-3-4-6-15(13)11-22-20(26)17-9-14(2)23-21(25-17)24-16-7-8-18-19(10-16)28-12-27-18/h3-10H,11-12H2,1-2H3,(H,22,26)(H,23,24,25). The van der Waals surface area contributed by atoms with Gasteiger partial charge in [0.05, 0.1) is 0 Å². The van der Waals surface area contributed by atoms with Crippen LogP contribution < -0.4 is 20.1 Å². The van der Waals surface area contributed by atoms with Gasteiger partial charge in [-0.25, -0.2) is 9.97 Å². The lowest BCUT2D eigenvalue weighted by Gasteiger charge is -2.10. The second-order valence-electron chi connectivity index (χ2n) is 6.52. The third kappa shape index (κ3) is 3.88. The van der Waals surface area contributed by atoms with E-state index < -0.39 is 0 Å². The summed E-state index contributed by atoms with van der Waals surface area (Å²) in [5.74, 6) is 1.46. The Kier molecular flexibility index (Phi) is 4.80. The third-order valence-electron chi connectivity index (χ3n) is 4.42. The number of fused-ring (bicyclic) bond motifs is 1. The molecule has 0 spiro atoms. The summed E-state index contributed by atoms with van der Waals surface area (Å²) in [6.07, 6.45) is 0. The zero-order valence-electron chi connectivity index (χ0n) is 15.7. The molecule has 1 aliphatic heterocycles. The Bertz CT molecular complexity index is 1040. The SMILES string of the molecule is Cc1cc(C(=O)NCc2ccccc2C)nc(Nc2ccc3c(c2)OCO3)n1. The number of aryl methyl sites for hydroxylation is 2. The number of amides is 1. The minimum absolute atomic E-state index is 0.213. The van der Waals surface area contributed by atoms with E-state index in [-0.39, 0.29) is 12.7 Å². The first-order chi connectivity index (χ1) is 13.6. The largest absolute Gasteiger partial charge is 0.454 e. The number of carbonyl (C=O) groups excluding carboxylic acids is 1. The van der Waals surface area contributed by atoms with Crippen molar-refractivity contribution < 1.29 is 14.3 Å². The van der Waals surface area contributed by atoms with Crippen molar-refractivity contribution in [1.29, 1.82) is 0 Å². The monoisotopic (exact) mass is 376 g/mol. The topological polar surface area (TPSA) is 85.4 Å². The lowest BCUT2D eigenvalue weighted by Crippen LogP contribution is -2.24. The highest BCUT2D eigenvalue weighted by atomic mass is 16.7. The molecule has 28 heavy (non-hydrogen) atoms. The van der Waals surface area contributed by atoms with Crippen LogP contribution in [0.4, 0.5) is 11.6 Å². The number of ether oxygens (including phenoxy) is 2. The number of anilines is 2. The van der Waals surface area contributed by atoms with Crippen molar-refractivity contribution >= 4 is 17.5 Å². The number of aromatic nitrogens is 2. The Hall–Kier alpha value is -3.61. The van der Waals surface area contributed by atoms with Gasteiger partial charge < -0.3 is 20.1 Å². The van der Waals surface area contributed by atoms with Crippen LogP contribution in [0.25, 0.3) is 0 Å². The number of rotatable bonds is 5.